The van der Waals surface area contributed by atoms with Crippen LogP contribution in [-0.2, 0) is 5.41 Å². The number of nitrogens with zero attached hydrogens (tertiary/aromatic N) is 4. The second-order valence-corrected chi connectivity index (χ2v) is 15.3. The van der Waals surface area contributed by atoms with E-state index in [9.17, 15) is 5.26 Å². The SMILES string of the molecule is C[C@@H]1CC2C[C@H](C)CC(c3ccc(-c4nc(-c5cccc(-c6ccccc6)c5)nc(-c5cccc6c(C#N)c7ccccc7cc56)n4)cc3)(C2)C1. The minimum absolute atomic E-state index is 0.260. The number of nitriles is 1. The summed E-state index contributed by atoms with van der Waals surface area (Å²) in [6.45, 7) is 4.89. The van der Waals surface area contributed by atoms with Gasteiger partial charge in [-0.15, -0.1) is 0 Å². The van der Waals surface area contributed by atoms with Crippen LogP contribution in [0.5, 0.6) is 0 Å². The summed E-state index contributed by atoms with van der Waals surface area (Å²) in [4.78, 5) is 15.5. The molecule has 7 aromatic rings. The summed E-state index contributed by atoms with van der Waals surface area (Å²) >= 11 is 0. The number of fused-ring (bicyclic) bond motifs is 4. The molecule has 2 aliphatic rings. The minimum Gasteiger partial charge on any atom is -0.208 e. The van der Waals surface area contributed by atoms with E-state index in [2.05, 4.69) is 111 Å². The lowest BCUT2D eigenvalue weighted by molar-refractivity contribution is 0.0780. The van der Waals surface area contributed by atoms with Gasteiger partial charge in [-0.05, 0) is 94.9 Å². The maximum atomic E-state index is 10.3. The van der Waals surface area contributed by atoms with E-state index >= 15 is 0 Å². The zero-order chi connectivity index (χ0) is 34.5. The Morgan fingerprint density at radius 1 is 0.549 bits per heavy atom. The molecular weight excluding hydrogens is 621 g/mol. The van der Waals surface area contributed by atoms with Crippen molar-refractivity contribution in [2.24, 2.45) is 17.8 Å². The fraction of sp³-hybridized carbons (Fsp3) is 0.234. The summed E-state index contributed by atoms with van der Waals surface area (Å²) in [5, 5.41) is 14.1. The molecule has 2 bridgehead atoms. The van der Waals surface area contributed by atoms with Crippen LogP contribution in [0.3, 0.4) is 0 Å². The van der Waals surface area contributed by atoms with Gasteiger partial charge in [-0.3, -0.25) is 0 Å². The zero-order valence-corrected chi connectivity index (χ0v) is 29.2. The highest BCUT2D eigenvalue weighted by molar-refractivity contribution is 6.09. The zero-order valence-electron chi connectivity index (χ0n) is 29.2. The van der Waals surface area contributed by atoms with Crippen LogP contribution in [0.4, 0.5) is 0 Å². The molecule has 4 nitrogen and oxygen atoms in total. The number of benzene rings is 6. The molecule has 51 heavy (non-hydrogen) atoms. The smallest absolute Gasteiger partial charge is 0.164 e. The second-order valence-electron chi connectivity index (χ2n) is 15.3. The molecule has 1 heterocycles. The lowest BCUT2D eigenvalue weighted by atomic mass is 9.54. The highest BCUT2D eigenvalue weighted by Gasteiger charge is 2.45. The molecule has 9 rings (SSSR count). The third kappa shape index (κ3) is 5.68. The van der Waals surface area contributed by atoms with Crippen molar-refractivity contribution in [2.75, 3.05) is 0 Å². The molecule has 248 valence electrons. The predicted octanol–water partition coefficient (Wildman–Crippen LogP) is 11.8. The number of aromatic nitrogens is 3. The van der Waals surface area contributed by atoms with Gasteiger partial charge in [-0.1, -0.05) is 129 Å². The van der Waals surface area contributed by atoms with Crippen molar-refractivity contribution in [3.8, 4) is 51.4 Å². The van der Waals surface area contributed by atoms with Crippen LogP contribution in [0.15, 0.2) is 127 Å². The summed E-state index contributed by atoms with van der Waals surface area (Å²) in [5.41, 5.74) is 7.43. The van der Waals surface area contributed by atoms with Crippen molar-refractivity contribution in [3.05, 3.63) is 139 Å². The summed E-state index contributed by atoms with van der Waals surface area (Å²) in [6, 6.07) is 46.8. The molecule has 4 atom stereocenters. The lowest BCUT2D eigenvalue weighted by Crippen LogP contribution is -2.42. The highest BCUT2D eigenvalue weighted by atomic mass is 15.0. The van der Waals surface area contributed by atoms with Gasteiger partial charge in [0.05, 0.1) is 5.56 Å². The van der Waals surface area contributed by atoms with Crippen LogP contribution >= 0.6 is 0 Å². The summed E-state index contributed by atoms with van der Waals surface area (Å²) in [5.74, 6) is 4.22. The van der Waals surface area contributed by atoms with Crippen molar-refractivity contribution >= 4 is 21.5 Å². The maximum Gasteiger partial charge on any atom is 0.164 e. The number of rotatable bonds is 5. The van der Waals surface area contributed by atoms with Gasteiger partial charge in [-0.2, -0.15) is 5.26 Å². The van der Waals surface area contributed by atoms with E-state index in [-0.39, 0.29) is 5.41 Å². The molecule has 2 aliphatic carbocycles. The monoisotopic (exact) mass is 660 g/mol. The van der Waals surface area contributed by atoms with E-state index < -0.39 is 0 Å². The highest BCUT2D eigenvalue weighted by Crippen LogP contribution is 2.54. The standard InChI is InChI=1S/C47H40N4/c1-30-22-32-23-31(2)27-47(26-30,28-32)38-20-18-34(19-21-38)44-49-45(37-14-8-13-35(24-37)33-10-4-3-5-11-33)51-46(50-44)41-17-9-16-40-42(41)25-36-12-6-7-15-39(36)43(40)29-48/h3-21,24-25,30-32H,22-23,26-28H2,1-2H3/t30-,31+,32?,47?. The third-order valence-corrected chi connectivity index (χ3v) is 11.5. The first-order valence-corrected chi connectivity index (χ1v) is 18.3. The van der Waals surface area contributed by atoms with E-state index in [4.69, 9.17) is 15.0 Å². The molecule has 0 N–H and O–H groups in total. The van der Waals surface area contributed by atoms with Crippen molar-refractivity contribution in [1.82, 2.24) is 15.0 Å². The van der Waals surface area contributed by atoms with E-state index in [1.54, 1.807) is 0 Å². The Hall–Kier alpha value is -5.66. The molecule has 2 fully saturated rings. The van der Waals surface area contributed by atoms with Gasteiger partial charge in [0.1, 0.15) is 6.07 Å². The first kappa shape index (κ1) is 31.3. The first-order chi connectivity index (χ1) is 25.0. The van der Waals surface area contributed by atoms with Gasteiger partial charge in [0, 0.05) is 27.5 Å². The van der Waals surface area contributed by atoms with Crippen molar-refractivity contribution < 1.29 is 0 Å². The Morgan fingerprint density at radius 3 is 1.94 bits per heavy atom. The predicted molar refractivity (Wildman–Crippen MR) is 208 cm³/mol. The Morgan fingerprint density at radius 2 is 1.18 bits per heavy atom. The summed E-state index contributed by atoms with van der Waals surface area (Å²) in [6.07, 6.45) is 6.58. The molecule has 1 aromatic heterocycles. The summed E-state index contributed by atoms with van der Waals surface area (Å²) < 4.78 is 0. The molecular formula is C47H40N4. The quantitative estimate of drug-likeness (QED) is 0.172. The number of hydrogen-bond donors (Lipinski definition) is 0. The second kappa shape index (κ2) is 12.6. The van der Waals surface area contributed by atoms with Gasteiger partial charge < -0.3 is 0 Å². The molecule has 0 spiro atoms. The van der Waals surface area contributed by atoms with E-state index in [1.807, 2.05) is 36.4 Å². The normalized spacial score (nSPS) is 21.4. The molecule has 0 amide bonds. The molecule has 0 saturated heterocycles. The Labute approximate surface area is 299 Å². The maximum absolute atomic E-state index is 10.3. The minimum atomic E-state index is 0.260. The largest absolute Gasteiger partial charge is 0.208 e. The van der Waals surface area contributed by atoms with E-state index in [0.29, 0.717) is 23.0 Å². The fourth-order valence-corrected chi connectivity index (χ4v) is 9.66. The van der Waals surface area contributed by atoms with Crippen molar-refractivity contribution in [3.63, 3.8) is 0 Å². The van der Waals surface area contributed by atoms with Crippen LogP contribution in [0.25, 0.3) is 66.8 Å². The molecule has 6 aromatic carbocycles. The number of hydrogen-bond acceptors (Lipinski definition) is 4. The van der Waals surface area contributed by atoms with Gasteiger partial charge >= 0.3 is 0 Å². The van der Waals surface area contributed by atoms with Crippen LogP contribution in [0.1, 0.15) is 57.1 Å². The van der Waals surface area contributed by atoms with E-state index in [1.165, 1.54) is 37.7 Å². The fourth-order valence-electron chi connectivity index (χ4n) is 9.66. The molecule has 2 unspecified atom stereocenters. The van der Waals surface area contributed by atoms with Crippen LogP contribution in [-0.4, -0.2) is 15.0 Å². The Balaban J connectivity index is 1.21. The van der Waals surface area contributed by atoms with Crippen molar-refractivity contribution in [2.45, 2.75) is 51.4 Å². The average molecular weight is 661 g/mol. The van der Waals surface area contributed by atoms with Gasteiger partial charge in [0.2, 0.25) is 0 Å². The first-order valence-electron chi connectivity index (χ1n) is 18.3. The van der Waals surface area contributed by atoms with E-state index in [0.717, 1.165) is 67.1 Å². The molecule has 2 saturated carbocycles. The Bertz CT molecular complexity index is 2440. The van der Waals surface area contributed by atoms with Crippen LogP contribution < -0.4 is 0 Å². The summed E-state index contributed by atoms with van der Waals surface area (Å²) in [7, 11) is 0. The third-order valence-electron chi connectivity index (χ3n) is 11.5. The van der Waals surface area contributed by atoms with Gasteiger partial charge in [0.25, 0.3) is 0 Å². The topological polar surface area (TPSA) is 62.5 Å². The van der Waals surface area contributed by atoms with Gasteiger partial charge in [-0.25, -0.2) is 15.0 Å². The van der Waals surface area contributed by atoms with Crippen LogP contribution in [0.2, 0.25) is 0 Å². The lowest BCUT2D eigenvalue weighted by Gasteiger charge is -2.50. The van der Waals surface area contributed by atoms with Gasteiger partial charge in [0.15, 0.2) is 17.5 Å². The molecule has 4 heteroatoms. The van der Waals surface area contributed by atoms with Crippen molar-refractivity contribution in [1.29, 1.82) is 5.26 Å². The molecule has 0 aliphatic heterocycles. The molecule has 0 radical (unpaired) electrons. The van der Waals surface area contributed by atoms with Crippen LogP contribution in [0, 0.1) is 29.1 Å². The Kier molecular flexibility index (Phi) is 7.73. The average Bonchev–Trinajstić information content (AvgIpc) is 3.16.